The lowest BCUT2D eigenvalue weighted by Gasteiger charge is -2.10. The van der Waals surface area contributed by atoms with E-state index in [1.807, 2.05) is 48.7 Å². The summed E-state index contributed by atoms with van der Waals surface area (Å²) in [6, 6.07) is 11.2. The number of nitrogens with zero attached hydrogens (tertiary/aromatic N) is 2. The molecule has 0 aliphatic heterocycles. The summed E-state index contributed by atoms with van der Waals surface area (Å²) in [4.78, 5) is 21.5. The molecule has 0 saturated carbocycles. The SMILES string of the molecule is CCOc1ccc2nc(NC(=O)Cc3csc(Nc4cc(OC)ccc4OC)n3)sc2c1. The van der Waals surface area contributed by atoms with Gasteiger partial charge in [0.05, 0.1) is 48.8 Å². The number of carbonyl (C=O) groups excluding carboxylic acids is 1. The number of carbonyl (C=O) groups is 1. The van der Waals surface area contributed by atoms with Crippen molar-refractivity contribution < 1.29 is 19.0 Å². The summed E-state index contributed by atoms with van der Waals surface area (Å²) in [6.45, 7) is 2.54. The number of hydrogen-bond acceptors (Lipinski definition) is 9. The Morgan fingerprint density at radius 2 is 1.88 bits per heavy atom. The smallest absolute Gasteiger partial charge is 0.232 e. The number of aromatic nitrogens is 2. The molecule has 2 heterocycles. The second-order valence-corrected chi connectivity index (χ2v) is 8.53. The first-order valence-electron chi connectivity index (χ1n) is 9.84. The molecule has 32 heavy (non-hydrogen) atoms. The number of benzene rings is 2. The fourth-order valence-corrected chi connectivity index (χ4v) is 4.65. The molecular formula is C22H22N4O4S2. The van der Waals surface area contributed by atoms with Gasteiger partial charge in [0.1, 0.15) is 17.2 Å². The topological polar surface area (TPSA) is 94.6 Å². The predicted molar refractivity (Wildman–Crippen MR) is 128 cm³/mol. The number of hydrogen-bond donors (Lipinski definition) is 2. The van der Waals surface area contributed by atoms with Crippen molar-refractivity contribution in [3.8, 4) is 17.2 Å². The molecule has 0 aliphatic rings. The molecule has 0 fully saturated rings. The fraction of sp³-hybridized carbons (Fsp3) is 0.227. The first-order chi connectivity index (χ1) is 15.6. The highest BCUT2D eigenvalue weighted by Crippen LogP contribution is 2.33. The van der Waals surface area contributed by atoms with Crippen molar-refractivity contribution in [2.75, 3.05) is 31.5 Å². The van der Waals surface area contributed by atoms with Crippen molar-refractivity contribution in [1.29, 1.82) is 0 Å². The molecule has 0 spiro atoms. The van der Waals surface area contributed by atoms with Crippen LogP contribution in [0.5, 0.6) is 17.2 Å². The van der Waals surface area contributed by atoms with Crippen molar-refractivity contribution in [2.45, 2.75) is 13.3 Å². The Morgan fingerprint density at radius 1 is 1.03 bits per heavy atom. The minimum absolute atomic E-state index is 0.146. The monoisotopic (exact) mass is 470 g/mol. The lowest BCUT2D eigenvalue weighted by Crippen LogP contribution is -2.14. The molecule has 0 saturated heterocycles. The first kappa shape index (κ1) is 21.8. The lowest BCUT2D eigenvalue weighted by atomic mass is 10.2. The Kier molecular flexibility index (Phi) is 6.72. The van der Waals surface area contributed by atoms with Gasteiger partial charge in [-0.25, -0.2) is 9.97 Å². The molecule has 166 valence electrons. The molecule has 1 amide bonds. The maximum Gasteiger partial charge on any atom is 0.232 e. The highest BCUT2D eigenvalue weighted by molar-refractivity contribution is 7.22. The van der Waals surface area contributed by atoms with Crippen LogP contribution in [0.4, 0.5) is 16.0 Å². The second kappa shape index (κ2) is 9.84. The number of amides is 1. The zero-order valence-corrected chi connectivity index (χ0v) is 19.4. The van der Waals surface area contributed by atoms with Gasteiger partial charge >= 0.3 is 0 Å². The summed E-state index contributed by atoms with van der Waals surface area (Å²) in [5.41, 5.74) is 2.22. The van der Waals surface area contributed by atoms with Crippen molar-refractivity contribution in [3.05, 3.63) is 47.5 Å². The van der Waals surface area contributed by atoms with Crippen molar-refractivity contribution in [1.82, 2.24) is 9.97 Å². The Hall–Kier alpha value is -3.37. The number of thiazole rings is 2. The maximum absolute atomic E-state index is 12.5. The Bertz CT molecular complexity index is 1240. The molecule has 0 unspecified atom stereocenters. The second-order valence-electron chi connectivity index (χ2n) is 6.64. The van der Waals surface area contributed by atoms with Gasteiger partial charge in [-0.15, -0.1) is 11.3 Å². The van der Waals surface area contributed by atoms with Crippen LogP contribution in [0.15, 0.2) is 41.8 Å². The van der Waals surface area contributed by atoms with Crippen LogP contribution in [0, 0.1) is 0 Å². The van der Waals surface area contributed by atoms with Crippen molar-refractivity contribution in [3.63, 3.8) is 0 Å². The summed E-state index contributed by atoms with van der Waals surface area (Å²) < 4.78 is 17.1. The summed E-state index contributed by atoms with van der Waals surface area (Å²) in [5.74, 6) is 1.99. The summed E-state index contributed by atoms with van der Waals surface area (Å²) in [5, 5.41) is 9.14. The van der Waals surface area contributed by atoms with E-state index in [0.717, 1.165) is 21.7 Å². The molecule has 2 N–H and O–H groups in total. The molecule has 2 aromatic carbocycles. The maximum atomic E-state index is 12.5. The molecule has 0 bridgehead atoms. The molecule has 4 rings (SSSR count). The van der Waals surface area contributed by atoms with Crippen LogP contribution in [0.2, 0.25) is 0 Å². The average molecular weight is 471 g/mol. The molecular weight excluding hydrogens is 448 g/mol. The number of methoxy groups -OCH3 is 2. The first-order valence-corrected chi connectivity index (χ1v) is 11.5. The van der Waals surface area contributed by atoms with Crippen LogP contribution in [0.3, 0.4) is 0 Å². The predicted octanol–water partition coefficient (Wildman–Crippen LogP) is 5.09. The zero-order chi connectivity index (χ0) is 22.5. The Labute approximate surface area is 193 Å². The highest BCUT2D eigenvalue weighted by atomic mass is 32.1. The number of rotatable bonds is 9. The van der Waals surface area contributed by atoms with Gasteiger partial charge in [-0.05, 0) is 37.3 Å². The largest absolute Gasteiger partial charge is 0.497 e. The van der Waals surface area contributed by atoms with Gasteiger partial charge in [0.2, 0.25) is 5.91 Å². The van der Waals surface area contributed by atoms with E-state index in [-0.39, 0.29) is 12.3 Å². The molecule has 10 heteroatoms. The molecule has 0 atom stereocenters. The van der Waals surface area contributed by atoms with E-state index in [2.05, 4.69) is 20.6 Å². The van der Waals surface area contributed by atoms with Gasteiger partial charge in [-0.2, -0.15) is 0 Å². The Morgan fingerprint density at radius 3 is 2.66 bits per heavy atom. The minimum Gasteiger partial charge on any atom is -0.497 e. The van der Waals surface area contributed by atoms with E-state index in [4.69, 9.17) is 14.2 Å². The third kappa shape index (κ3) is 5.09. The van der Waals surface area contributed by atoms with E-state index in [0.29, 0.717) is 34.1 Å². The third-order valence-electron chi connectivity index (χ3n) is 4.46. The van der Waals surface area contributed by atoms with Crippen LogP contribution in [0.1, 0.15) is 12.6 Å². The quantitative estimate of drug-likeness (QED) is 0.352. The highest BCUT2D eigenvalue weighted by Gasteiger charge is 2.13. The molecule has 0 radical (unpaired) electrons. The summed E-state index contributed by atoms with van der Waals surface area (Å²) >= 11 is 2.82. The molecule has 0 aliphatic carbocycles. The molecule has 4 aromatic rings. The van der Waals surface area contributed by atoms with Crippen LogP contribution >= 0.6 is 22.7 Å². The zero-order valence-electron chi connectivity index (χ0n) is 17.8. The Balaban J connectivity index is 1.40. The van der Waals surface area contributed by atoms with Gasteiger partial charge in [-0.3, -0.25) is 4.79 Å². The number of ether oxygens (including phenoxy) is 3. The number of nitrogens with one attached hydrogen (secondary N) is 2. The number of fused-ring (bicyclic) bond motifs is 1. The fourth-order valence-electron chi connectivity index (χ4n) is 3.02. The van der Waals surface area contributed by atoms with E-state index in [1.165, 1.54) is 22.7 Å². The van der Waals surface area contributed by atoms with E-state index in [1.54, 1.807) is 14.2 Å². The van der Waals surface area contributed by atoms with Crippen LogP contribution < -0.4 is 24.8 Å². The van der Waals surface area contributed by atoms with Crippen LogP contribution in [-0.4, -0.2) is 36.7 Å². The summed E-state index contributed by atoms with van der Waals surface area (Å²) in [6.07, 6.45) is 0.146. The normalized spacial score (nSPS) is 10.7. The van der Waals surface area contributed by atoms with Gasteiger partial charge in [0, 0.05) is 11.4 Å². The van der Waals surface area contributed by atoms with Gasteiger partial charge in [0.25, 0.3) is 0 Å². The number of anilines is 3. The van der Waals surface area contributed by atoms with Gasteiger partial charge < -0.3 is 24.8 Å². The van der Waals surface area contributed by atoms with Gasteiger partial charge in [0.15, 0.2) is 10.3 Å². The molecule has 2 aromatic heterocycles. The van der Waals surface area contributed by atoms with E-state index in [9.17, 15) is 4.79 Å². The minimum atomic E-state index is -0.176. The van der Waals surface area contributed by atoms with Crippen molar-refractivity contribution in [2.24, 2.45) is 0 Å². The van der Waals surface area contributed by atoms with Gasteiger partial charge in [-0.1, -0.05) is 11.3 Å². The average Bonchev–Trinajstić information content (AvgIpc) is 3.39. The van der Waals surface area contributed by atoms with E-state index >= 15 is 0 Å². The third-order valence-corrected chi connectivity index (χ3v) is 6.20. The molecule has 8 nitrogen and oxygen atoms in total. The standard InChI is InChI=1S/C22H22N4O4S2/c1-4-30-15-5-7-16-19(11-15)32-22(24-16)26-20(27)9-13-12-31-21(23-13)25-17-10-14(28-2)6-8-18(17)29-3/h5-8,10-12H,4,9H2,1-3H3,(H,23,25)(H,24,26,27). The van der Waals surface area contributed by atoms with E-state index < -0.39 is 0 Å². The van der Waals surface area contributed by atoms with Crippen LogP contribution in [0.25, 0.3) is 10.2 Å². The van der Waals surface area contributed by atoms with Crippen molar-refractivity contribution >= 4 is 54.7 Å². The lowest BCUT2D eigenvalue weighted by molar-refractivity contribution is -0.115. The summed E-state index contributed by atoms with van der Waals surface area (Å²) in [7, 11) is 3.21. The van der Waals surface area contributed by atoms with Crippen LogP contribution in [-0.2, 0) is 11.2 Å².